The van der Waals surface area contributed by atoms with Crippen LogP contribution in [0.4, 0.5) is 11.5 Å². The van der Waals surface area contributed by atoms with Crippen LogP contribution in [-0.2, 0) is 0 Å². The molecular formula is C14H15N3O2. The maximum atomic E-state index is 11.0. The summed E-state index contributed by atoms with van der Waals surface area (Å²) in [5.74, 6) is -0.00116. The van der Waals surface area contributed by atoms with Gasteiger partial charge in [0.2, 0.25) is 0 Å². The zero-order chi connectivity index (χ0) is 13.8. The van der Waals surface area contributed by atoms with Crippen LogP contribution in [0.25, 0.3) is 0 Å². The van der Waals surface area contributed by atoms with E-state index in [2.05, 4.69) is 9.97 Å². The van der Waals surface area contributed by atoms with Crippen molar-refractivity contribution in [2.45, 2.75) is 13.8 Å². The van der Waals surface area contributed by atoms with Gasteiger partial charge in [0.15, 0.2) is 5.69 Å². The number of carboxylic acids is 1. The standard InChI is InChI=1S/C14H15N3O2/c1-3-17(11-7-5-4-6-8-11)13-9-12(14(18)19)15-10(2)16-13/h4-9H,3H2,1-2H3,(H,18,19). The number of anilines is 2. The van der Waals surface area contributed by atoms with Gasteiger partial charge in [-0.05, 0) is 26.0 Å². The average Bonchev–Trinajstić information content (AvgIpc) is 2.40. The van der Waals surface area contributed by atoms with Crippen LogP contribution in [0.1, 0.15) is 23.2 Å². The van der Waals surface area contributed by atoms with Crippen LogP contribution in [-0.4, -0.2) is 27.6 Å². The molecule has 0 aliphatic carbocycles. The predicted octanol–water partition coefficient (Wildman–Crippen LogP) is 2.64. The fraction of sp³-hybridized carbons (Fsp3) is 0.214. The molecule has 0 unspecified atom stereocenters. The molecule has 1 heterocycles. The molecule has 1 aromatic heterocycles. The van der Waals surface area contributed by atoms with E-state index in [9.17, 15) is 4.79 Å². The maximum Gasteiger partial charge on any atom is 0.354 e. The Balaban J connectivity index is 2.47. The lowest BCUT2D eigenvalue weighted by Gasteiger charge is -2.22. The van der Waals surface area contributed by atoms with Crippen LogP contribution in [0.15, 0.2) is 36.4 Å². The molecule has 5 nitrogen and oxygen atoms in total. The second kappa shape index (κ2) is 5.48. The van der Waals surface area contributed by atoms with E-state index in [0.717, 1.165) is 5.69 Å². The number of hydrogen-bond acceptors (Lipinski definition) is 4. The first-order valence-electron chi connectivity index (χ1n) is 6.03. The number of hydrogen-bond donors (Lipinski definition) is 1. The van der Waals surface area contributed by atoms with Gasteiger partial charge in [-0.3, -0.25) is 0 Å². The fourth-order valence-corrected chi connectivity index (χ4v) is 1.88. The van der Waals surface area contributed by atoms with Gasteiger partial charge >= 0.3 is 5.97 Å². The van der Waals surface area contributed by atoms with Crippen molar-refractivity contribution in [1.29, 1.82) is 0 Å². The van der Waals surface area contributed by atoms with Crippen LogP contribution in [0.2, 0.25) is 0 Å². The Bertz CT molecular complexity index is 584. The molecule has 98 valence electrons. The first-order chi connectivity index (χ1) is 9.11. The number of nitrogens with zero attached hydrogens (tertiary/aromatic N) is 3. The van der Waals surface area contributed by atoms with E-state index < -0.39 is 5.97 Å². The van der Waals surface area contributed by atoms with Gasteiger partial charge in [0.1, 0.15) is 11.6 Å². The van der Waals surface area contributed by atoms with Crippen molar-refractivity contribution < 1.29 is 9.90 Å². The summed E-state index contributed by atoms with van der Waals surface area (Å²) in [7, 11) is 0. The van der Waals surface area contributed by atoms with E-state index in [1.807, 2.05) is 42.2 Å². The monoisotopic (exact) mass is 257 g/mol. The molecular weight excluding hydrogens is 242 g/mol. The van der Waals surface area contributed by atoms with Crippen molar-refractivity contribution in [3.05, 3.63) is 47.9 Å². The topological polar surface area (TPSA) is 66.3 Å². The first-order valence-corrected chi connectivity index (χ1v) is 6.03. The van der Waals surface area contributed by atoms with Gasteiger partial charge in [0, 0.05) is 18.3 Å². The largest absolute Gasteiger partial charge is 0.477 e. The molecule has 0 fully saturated rings. The number of carbonyl (C=O) groups is 1. The molecule has 0 bridgehead atoms. The molecule has 0 radical (unpaired) electrons. The minimum absolute atomic E-state index is 0.0110. The molecule has 0 amide bonds. The number of rotatable bonds is 4. The molecule has 5 heteroatoms. The molecule has 1 aromatic carbocycles. The third kappa shape index (κ3) is 2.88. The SMILES string of the molecule is CCN(c1ccccc1)c1cc(C(=O)O)nc(C)n1. The molecule has 0 aliphatic heterocycles. The van der Waals surface area contributed by atoms with Gasteiger partial charge in [0.05, 0.1) is 0 Å². The Morgan fingerprint density at radius 3 is 2.53 bits per heavy atom. The fourth-order valence-electron chi connectivity index (χ4n) is 1.88. The van der Waals surface area contributed by atoms with Crippen LogP contribution >= 0.6 is 0 Å². The number of aryl methyl sites for hydroxylation is 1. The van der Waals surface area contributed by atoms with E-state index in [1.54, 1.807) is 6.92 Å². The highest BCUT2D eigenvalue weighted by Gasteiger charge is 2.13. The number of carboxylic acid groups (broad SMARTS) is 1. The molecule has 1 N–H and O–H groups in total. The van der Waals surface area contributed by atoms with Gasteiger partial charge in [0.25, 0.3) is 0 Å². The molecule has 19 heavy (non-hydrogen) atoms. The van der Waals surface area contributed by atoms with Crippen LogP contribution in [0, 0.1) is 6.92 Å². The van der Waals surface area contributed by atoms with Gasteiger partial charge in [-0.2, -0.15) is 0 Å². The highest BCUT2D eigenvalue weighted by atomic mass is 16.4. The first kappa shape index (κ1) is 13.0. The van der Waals surface area contributed by atoms with Crippen molar-refractivity contribution in [2.75, 3.05) is 11.4 Å². The maximum absolute atomic E-state index is 11.0. The molecule has 0 saturated carbocycles. The summed E-state index contributed by atoms with van der Waals surface area (Å²) in [5.41, 5.74) is 0.983. The van der Waals surface area contributed by atoms with Gasteiger partial charge in [-0.1, -0.05) is 18.2 Å². The Morgan fingerprint density at radius 1 is 1.26 bits per heavy atom. The zero-order valence-corrected chi connectivity index (χ0v) is 10.9. The van der Waals surface area contributed by atoms with E-state index in [4.69, 9.17) is 5.11 Å². The minimum atomic E-state index is -1.05. The van der Waals surface area contributed by atoms with E-state index in [-0.39, 0.29) is 5.69 Å². The van der Waals surface area contributed by atoms with E-state index in [0.29, 0.717) is 18.2 Å². The highest BCUT2D eigenvalue weighted by molar-refractivity contribution is 5.86. The minimum Gasteiger partial charge on any atom is -0.477 e. The van der Waals surface area contributed by atoms with Crippen LogP contribution in [0.5, 0.6) is 0 Å². The smallest absolute Gasteiger partial charge is 0.354 e. The van der Waals surface area contributed by atoms with Gasteiger partial charge in [-0.25, -0.2) is 14.8 Å². The van der Waals surface area contributed by atoms with E-state index >= 15 is 0 Å². The Morgan fingerprint density at radius 2 is 1.95 bits per heavy atom. The van der Waals surface area contributed by atoms with Crippen molar-refractivity contribution in [3.63, 3.8) is 0 Å². The average molecular weight is 257 g/mol. The Kier molecular flexibility index (Phi) is 3.75. The van der Waals surface area contributed by atoms with Gasteiger partial charge < -0.3 is 10.0 Å². The second-order valence-corrected chi connectivity index (χ2v) is 4.04. The molecule has 0 atom stereocenters. The van der Waals surface area contributed by atoms with Crippen molar-refractivity contribution >= 4 is 17.5 Å². The highest BCUT2D eigenvalue weighted by Crippen LogP contribution is 2.23. The number of aromatic nitrogens is 2. The molecule has 2 aromatic rings. The second-order valence-electron chi connectivity index (χ2n) is 4.04. The lowest BCUT2D eigenvalue weighted by Crippen LogP contribution is -2.19. The predicted molar refractivity (Wildman–Crippen MR) is 72.9 cm³/mol. The van der Waals surface area contributed by atoms with E-state index in [1.165, 1.54) is 6.07 Å². The number of aromatic carboxylic acids is 1. The lowest BCUT2D eigenvalue weighted by molar-refractivity contribution is 0.0690. The summed E-state index contributed by atoms with van der Waals surface area (Å²) < 4.78 is 0. The molecule has 0 spiro atoms. The van der Waals surface area contributed by atoms with Crippen LogP contribution < -0.4 is 4.90 Å². The van der Waals surface area contributed by atoms with Crippen LogP contribution in [0.3, 0.4) is 0 Å². The van der Waals surface area contributed by atoms with Crippen molar-refractivity contribution in [2.24, 2.45) is 0 Å². The third-order valence-electron chi connectivity index (χ3n) is 2.70. The summed E-state index contributed by atoms with van der Waals surface area (Å²) in [4.78, 5) is 21.2. The molecule has 0 aliphatic rings. The molecule has 2 rings (SSSR count). The summed E-state index contributed by atoms with van der Waals surface area (Å²) in [5, 5.41) is 9.05. The molecule has 0 saturated heterocycles. The normalized spacial score (nSPS) is 10.2. The van der Waals surface area contributed by atoms with Crippen molar-refractivity contribution in [3.8, 4) is 0 Å². The Labute approximate surface area is 111 Å². The summed E-state index contributed by atoms with van der Waals surface area (Å²) in [6.45, 7) is 4.37. The summed E-state index contributed by atoms with van der Waals surface area (Å²) in [6.07, 6.45) is 0. The third-order valence-corrected chi connectivity index (χ3v) is 2.70. The lowest BCUT2D eigenvalue weighted by atomic mass is 10.2. The quantitative estimate of drug-likeness (QED) is 0.912. The zero-order valence-electron chi connectivity index (χ0n) is 10.9. The number of benzene rings is 1. The summed E-state index contributed by atoms with van der Waals surface area (Å²) >= 11 is 0. The Hall–Kier alpha value is -2.43. The summed E-state index contributed by atoms with van der Waals surface area (Å²) in [6, 6.07) is 11.2. The number of para-hydroxylation sites is 1. The van der Waals surface area contributed by atoms with Crippen molar-refractivity contribution in [1.82, 2.24) is 9.97 Å². The van der Waals surface area contributed by atoms with Gasteiger partial charge in [-0.15, -0.1) is 0 Å².